The summed E-state index contributed by atoms with van der Waals surface area (Å²) in [7, 11) is 2.86. The van der Waals surface area contributed by atoms with Crippen LogP contribution in [0.25, 0.3) is 5.69 Å². The summed E-state index contributed by atoms with van der Waals surface area (Å²) < 4.78 is 60.5. The number of rotatable bonds is 6. The minimum atomic E-state index is -4.61. The number of aromatic nitrogens is 3. The van der Waals surface area contributed by atoms with E-state index >= 15 is 0 Å². The molecule has 0 aliphatic rings. The Hall–Kier alpha value is -3.63. The molecule has 7 nitrogen and oxygen atoms in total. The van der Waals surface area contributed by atoms with E-state index in [-0.39, 0.29) is 23.9 Å². The molecule has 2 aromatic carbocycles. The van der Waals surface area contributed by atoms with E-state index in [9.17, 15) is 22.4 Å². The molecule has 32 heavy (non-hydrogen) atoms. The van der Waals surface area contributed by atoms with Gasteiger partial charge >= 0.3 is 17.9 Å². The summed E-state index contributed by atoms with van der Waals surface area (Å²) in [5.41, 5.74) is -0.0897. The van der Waals surface area contributed by atoms with Gasteiger partial charge in [-0.3, -0.25) is 0 Å². The van der Waals surface area contributed by atoms with Crippen molar-refractivity contribution in [1.29, 1.82) is 0 Å². The minimum Gasteiger partial charge on any atom is -0.467 e. The summed E-state index contributed by atoms with van der Waals surface area (Å²) >= 11 is 0. The van der Waals surface area contributed by atoms with Crippen LogP contribution in [0.5, 0.6) is 6.01 Å². The van der Waals surface area contributed by atoms with E-state index in [1.807, 2.05) is 0 Å². The second kappa shape index (κ2) is 8.85. The molecule has 1 aromatic heterocycles. The van der Waals surface area contributed by atoms with Gasteiger partial charge < -0.3 is 9.57 Å². The van der Waals surface area contributed by atoms with Crippen molar-refractivity contribution >= 4 is 5.71 Å². The molecule has 0 spiro atoms. The average Bonchev–Trinajstić information content (AvgIpc) is 3.01. The van der Waals surface area contributed by atoms with Crippen molar-refractivity contribution in [2.45, 2.75) is 26.6 Å². The average molecular weight is 452 g/mol. The van der Waals surface area contributed by atoms with Gasteiger partial charge in [-0.25, -0.2) is 18.4 Å². The Morgan fingerprint density at radius 3 is 2.59 bits per heavy atom. The maximum absolute atomic E-state index is 14.1. The lowest BCUT2D eigenvalue weighted by Crippen LogP contribution is -2.23. The van der Waals surface area contributed by atoms with Gasteiger partial charge in [0.1, 0.15) is 12.4 Å². The Labute approximate surface area is 180 Å². The van der Waals surface area contributed by atoms with Gasteiger partial charge in [-0.05, 0) is 37.6 Å². The van der Waals surface area contributed by atoms with E-state index in [1.165, 1.54) is 25.6 Å². The first-order valence-corrected chi connectivity index (χ1v) is 9.37. The monoisotopic (exact) mass is 452 g/mol. The van der Waals surface area contributed by atoms with Gasteiger partial charge in [0.25, 0.3) is 0 Å². The normalized spacial score (nSPS) is 12.2. The molecular formula is C21H20F4N4O3. The highest BCUT2D eigenvalue weighted by molar-refractivity contribution is 5.98. The van der Waals surface area contributed by atoms with Crippen LogP contribution in [0.4, 0.5) is 17.6 Å². The van der Waals surface area contributed by atoms with E-state index in [1.54, 1.807) is 25.1 Å². The van der Waals surface area contributed by atoms with E-state index in [4.69, 9.17) is 9.57 Å². The highest BCUT2D eigenvalue weighted by atomic mass is 19.4. The van der Waals surface area contributed by atoms with Crippen LogP contribution < -0.4 is 10.4 Å². The number of para-hydroxylation sites is 1. The molecule has 0 bridgehead atoms. The van der Waals surface area contributed by atoms with Crippen molar-refractivity contribution in [3.05, 3.63) is 75.0 Å². The number of alkyl halides is 3. The first kappa shape index (κ1) is 23.0. The topological polar surface area (TPSA) is 70.6 Å². The van der Waals surface area contributed by atoms with Crippen molar-refractivity contribution < 1.29 is 27.1 Å². The maximum Gasteiger partial charge on any atom is 0.416 e. The number of hydrogen-bond acceptors (Lipinski definition) is 5. The smallest absolute Gasteiger partial charge is 0.416 e. The Balaban J connectivity index is 1.92. The summed E-state index contributed by atoms with van der Waals surface area (Å²) in [6.45, 7) is 2.98. The lowest BCUT2D eigenvalue weighted by atomic mass is 10.1. The van der Waals surface area contributed by atoms with Crippen molar-refractivity contribution in [3.8, 4) is 11.7 Å². The third-order valence-electron chi connectivity index (χ3n) is 4.73. The van der Waals surface area contributed by atoms with Crippen LogP contribution in [0.1, 0.15) is 29.2 Å². The zero-order chi connectivity index (χ0) is 23.6. The highest BCUT2D eigenvalue weighted by Gasteiger charge is 2.31. The fourth-order valence-electron chi connectivity index (χ4n) is 3.15. The quantitative estimate of drug-likeness (QED) is 0.322. The van der Waals surface area contributed by atoms with Crippen LogP contribution in [0.2, 0.25) is 0 Å². The molecule has 0 N–H and O–H groups in total. The number of methoxy groups -OCH3 is 1. The number of halogens is 4. The predicted octanol–water partition coefficient (Wildman–Crippen LogP) is 3.99. The molecule has 1 heterocycles. The second-order valence-electron chi connectivity index (χ2n) is 6.95. The van der Waals surface area contributed by atoms with Crippen molar-refractivity contribution in [3.63, 3.8) is 0 Å². The maximum atomic E-state index is 14.1. The molecule has 11 heteroatoms. The van der Waals surface area contributed by atoms with E-state index in [0.717, 1.165) is 16.3 Å². The van der Waals surface area contributed by atoms with Crippen LogP contribution >= 0.6 is 0 Å². The van der Waals surface area contributed by atoms with E-state index in [2.05, 4.69) is 10.3 Å². The Morgan fingerprint density at radius 1 is 1.22 bits per heavy atom. The van der Waals surface area contributed by atoms with Gasteiger partial charge in [-0.1, -0.05) is 23.4 Å². The molecule has 0 saturated carbocycles. The number of nitrogens with zero attached hydrogens (tertiary/aromatic N) is 4. The number of hydrogen-bond donors (Lipinski definition) is 0. The Morgan fingerprint density at radius 2 is 1.94 bits per heavy atom. The number of ether oxygens (including phenoxy) is 1. The summed E-state index contributed by atoms with van der Waals surface area (Å²) in [4.78, 5) is 17.9. The van der Waals surface area contributed by atoms with Gasteiger partial charge in [0.15, 0.2) is 0 Å². The first-order chi connectivity index (χ1) is 15.0. The van der Waals surface area contributed by atoms with Crippen LogP contribution in [0, 0.1) is 12.7 Å². The van der Waals surface area contributed by atoms with Gasteiger partial charge in [0, 0.05) is 18.2 Å². The summed E-state index contributed by atoms with van der Waals surface area (Å²) in [6.07, 6.45) is -4.61. The summed E-state index contributed by atoms with van der Waals surface area (Å²) in [5, 5.41) is 7.79. The van der Waals surface area contributed by atoms with Gasteiger partial charge in [-0.15, -0.1) is 5.10 Å². The Bertz CT molecular complexity index is 1230. The molecule has 3 rings (SSSR count). The second-order valence-corrected chi connectivity index (χ2v) is 6.95. The fourth-order valence-corrected chi connectivity index (χ4v) is 3.15. The van der Waals surface area contributed by atoms with Crippen LogP contribution in [0.15, 0.2) is 46.3 Å². The fraction of sp³-hybridized carbons (Fsp3) is 0.286. The van der Waals surface area contributed by atoms with Crippen molar-refractivity contribution in [2.75, 3.05) is 7.11 Å². The van der Waals surface area contributed by atoms with Gasteiger partial charge in [0.2, 0.25) is 0 Å². The number of oxime groups is 1. The standard InChI is InChI=1S/C21H20F4N4O3/c1-12-6-5-7-14(18(12)29-19(31-4)26-28(3)20(29)30)11-32-27-13(2)16-10-15(21(23,24)25)8-9-17(16)22/h5-10H,11H2,1-4H3/b27-13-. The lowest BCUT2D eigenvalue weighted by molar-refractivity contribution is -0.137. The van der Waals surface area contributed by atoms with Crippen molar-refractivity contribution in [1.82, 2.24) is 14.3 Å². The Kier molecular flexibility index (Phi) is 6.37. The molecule has 0 aliphatic heterocycles. The third kappa shape index (κ3) is 4.51. The predicted molar refractivity (Wildman–Crippen MR) is 108 cm³/mol. The van der Waals surface area contributed by atoms with Gasteiger partial charge in [-0.2, -0.15) is 13.2 Å². The molecule has 0 saturated heterocycles. The van der Waals surface area contributed by atoms with Crippen LogP contribution in [-0.2, 0) is 24.7 Å². The molecular weight excluding hydrogens is 432 g/mol. The van der Waals surface area contributed by atoms with Crippen LogP contribution in [0.3, 0.4) is 0 Å². The molecule has 0 unspecified atom stereocenters. The zero-order valence-electron chi connectivity index (χ0n) is 17.7. The zero-order valence-corrected chi connectivity index (χ0v) is 17.7. The van der Waals surface area contributed by atoms with Crippen LogP contribution in [-0.4, -0.2) is 27.2 Å². The molecule has 3 aromatic rings. The minimum absolute atomic E-state index is 0.0683. The lowest BCUT2D eigenvalue weighted by Gasteiger charge is -2.13. The number of aryl methyl sites for hydroxylation is 2. The molecule has 0 fully saturated rings. The SMILES string of the molecule is COc1nn(C)c(=O)n1-c1c(C)cccc1CO/N=C(/C)c1cc(C(F)(F)F)ccc1F. The molecule has 0 radical (unpaired) electrons. The van der Waals surface area contributed by atoms with Crippen molar-refractivity contribution in [2.24, 2.45) is 12.2 Å². The summed E-state index contributed by atoms with van der Waals surface area (Å²) in [6, 6.07) is 7.35. The summed E-state index contributed by atoms with van der Waals surface area (Å²) in [5.74, 6) is -0.856. The van der Waals surface area contributed by atoms with E-state index < -0.39 is 23.2 Å². The number of benzene rings is 2. The largest absolute Gasteiger partial charge is 0.467 e. The molecule has 170 valence electrons. The third-order valence-corrected chi connectivity index (χ3v) is 4.73. The first-order valence-electron chi connectivity index (χ1n) is 9.37. The highest BCUT2D eigenvalue weighted by Crippen LogP contribution is 2.30. The van der Waals surface area contributed by atoms with Gasteiger partial charge in [0.05, 0.1) is 24.1 Å². The molecule has 0 aliphatic carbocycles. The molecule has 0 amide bonds. The molecule has 0 atom stereocenters. The van der Waals surface area contributed by atoms with E-state index in [0.29, 0.717) is 23.4 Å².